The van der Waals surface area contributed by atoms with Crippen LogP contribution in [0.4, 0.5) is 0 Å². The average Bonchev–Trinajstić information content (AvgIpc) is 2.67. The second kappa shape index (κ2) is 9.44. The molecule has 3 aliphatic rings. The van der Waals surface area contributed by atoms with E-state index in [2.05, 4.69) is 6.58 Å². The Morgan fingerprint density at radius 3 is 2.35 bits per heavy atom. The largest absolute Gasteiger partial charge is 0.295 e. The van der Waals surface area contributed by atoms with Crippen molar-refractivity contribution in [2.75, 3.05) is 0 Å². The van der Waals surface area contributed by atoms with Gasteiger partial charge in [0.1, 0.15) is 0 Å². The van der Waals surface area contributed by atoms with E-state index < -0.39 is 0 Å². The molecule has 0 spiro atoms. The molecule has 0 heterocycles. The van der Waals surface area contributed by atoms with Gasteiger partial charge < -0.3 is 0 Å². The molecule has 0 aromatic rings. The Hall–Kier alpha value is -0.760. The van der Waals surface area contributed by atoms with Crippen molar-refractivity contribution in [1.82, 2.24) is 0 Å². The van der Waals surface area contributed by atoms with Crippen molar-refractivity contribution in [2.45, 2.75) is 90.4 Å². The fourth-order valence-electron chi connectivity index (χ4n) is 5.64. The molecule has 0 amide bonds. The van der Waals surface area contributed by atoms with Gasteiger partial charge in [-0.1, -0.05) is 76.6 Å². The summed E-state index contributed by atoms with van der Waals surface area (Å²) in [6.45, 7) is 6.26. The minimum Gasteiger partial charge on any atom is -0.295 e. The molecule has 0 N–H and O–H groups in total. The standard InChI is InChI=1S/C24H36OS/c1-17(14-19-8-4-3-5-9-19)24(26)18(2)15-23(25)22-13-12-20-10-6-7-11-21(20)16-22/h15,19-22H,1,3-14,16H2,2H3/b18-15+. The average molecular weight is 373 g/mol. The van der Waals surface area contributed by atoms with Crippen molar-refractivity contribution in [2.24, 2.45) is 23.7 Å². The second-order valence-electron chi connectivity index (χ2n) is 9.19. The molecule has 3 rings (SSSR count). The third-order valence-electron chi connectivity index (χ3n) is 7.24. The van der Waals surface area contributed by atoms with Crippen molar-refractivity contribution in [3.63, 3.8) is 0 Å². The fourth-order valence-corrected chi connectivity index (χ4v) is 5.78. The van der Waals surface area contributed by atoms with Gasteiger partial charge in [0.25, 0.3) is 0 Å². The van der Waals surface area contributed by atoms with Crippen LogP contribution in [-0.4, -0.2) is 10.6 Å². The zero-order valence-electron chi connectivity index (χ0n) is 16.6. The number of allylic oxidation sites excluding steroid dienone is 3. The molecule has 3 aliphatic carbocycles. The van der Waals surface area contributed by atoms with Crippen molar-refractivity contribution in [3.05, 3.63) is 23.8 Å². The van der Waals surface area contributed by atoms with Crippen LogP contribution in [0.3, 0.4) is 0 Å². The Bertz CT molecular complexity index is 567. The van der Waals surface area contributed by atoms with Crippen LogP contribution in [0, 0.1) is 23.7 Å². The summed E-state index contributed by atoms with van der Waals surface area (Å²) in [6.07, 6.45) is 18.5. The maximum Gasteiger partial charge on any atom is 0.159 e. The van der Waals surface area contributed by atoms with Crippen LogP contribution < -0.4 is 0 Å². The van der Waals surface area contributed by atoms with Crippen molar-refractivity contribution in [1.29, 1.82) is 0 Å². The minimum absolute atomic E-state index is 0.235. The molecule has 0 aromatic heterocycles. The van der Waals surface area contributed by atoms with Gasteiger partial charge in [0.15, 0.2) is 5.78 Å². The smallest absolute Gasteiger partial charge is 0.159 e. The molecule has 2 heteroatoms. The van der Waals surface area contributed by atoms with Crippen LogP contribution in [0.15, 0.2) is 23.8 Å². The lowest BCUT2D eigenvalue weighted by Crippen LogP contribution is -2.30. The van der Waals surface area contributed by atoms with E-state index in [9.17, 15) is 4.79 Å². The molecule has 26 heavy (non-hydrogen) atoms. The molecule has 0 aromatic carbocycles. The van der Waals surface area contributed by atoms with Gasteiger partial charge in [-0.25, -0.2) is 0 Å². The lowest BCUT2D eigenvalue weighted by Gasteiger charge is -2.38. The molecule has 144 valence electrons. The SMILES string of the molecule is C=C(CC1CCCCC1)C(=S)/C(C)=C/C(=O)C1CCC2CCCCC2C1. The third-order valence-corrected chi connectivity index (χ3v) is 7.85. The Balaban J connectivity index is 1.53. The van der Waals surface area contributed by atoms with E-state index in [0.717, 1.165) is 53.0 Å². The highest BCUT2D eigenvalue weighted by Crippen LogP contribution is 2.43. The minimum atomic E-state index is 0.235. The van der Waals surface area contributed by atoms with Crippen LogP contribution in [-0.2, 0) is 4.79 Å². The van der Waals surface area contributed by atoms with E-state index in [1.54, 1.807) is 0 Å². The Labute approximate surface area is 165 Å². The molecular formula is C24H36OS. The molecule has 0 aliphatic heterocycles. The van der Waals surface area contributed by atoms with E-state index in [0.29, 0.717) is 5.78 Å². The highest BCUT2D eigenvalue weighted by atomic mass is 32.1. The summed E-state index contributed by atoms with van der Waals surface area (Å²) >= 11 is 5.66. The summed E-state index contributed by atoms with van der Waals surface area (Å²) in [5.74, 6) is 3.00. The highest BCUT2D eigenvalue weighted by Gasteiger charge is 2.34. The topological polar surface area (TPSA) is 17.1 Å². The van der Waals surface area contributed by atoms with Gasteiger partial charge >= 0.3 is 0 Å². The highest BCUT2D eigenvalue weighted by molar-refractivity contribution is 7.81. The van der Waals surface area contributed by atoms with Crippen molar-refractivity contribution in [3.8, 4) is 0 Å². The molecule has 3 unspecified atom stereocenters. The molecular weight excluding hydrogens is 336 g/mol. The summed E-state index contributed by atoms with van der Waals surface area (Å²) in [4.78, 5) is 13.7. The predicted octanol–water partition coefficient (Wildman–Crippen LogP) is 7.00. The molecule has 0 bridgehead atoms. The Kier molecular flexibility index (Phi) is 7.26. The summed E-state index contributed by atoms with van der Waals surface area (Å²) in [5.41, 5.74) is 2.04. The maximum atomic E-state index is 12.8. The molecule has 0 radical (unpaired) electrons. The monoisotopic (exact) mass is 372 g/mol. The van der Waals surface area contributed by atoms with Gasteiger partial charge in [-0.15, -0.1) is 0 Å². The van der Waals surface area contributed by atoms with E-state index >= 15 is 0 Å². The van der Waals surface area contributed by atoms with Gasteiger partial charge in [-0.3, -0.25) is 4.79 Å². The summed E-state index contributed by atoms with van der Waals surface area (Å²) in [6, 6.07) is 0. The van der Waals surface area contributed by atoms with E-state index in [1.165, 1.54) is 64.2 Å². The van der Waals surface area contributed by atoms with E-state index in [1.807, 2.05) is 13.0 Å². The van der Waals surface area contributed by atoms with E-state index in [4.69, 9.17) is 12.2 Å². The number of fused-ring (bicyclic) bond motifs is 1. The zero-order chi connectivity index (χ0) is 18.5. The van der Waals surface area contributed by atoms with Gasteiger partial charge in [-0.05, 0) is 67.6 Å². The normalized spacial score (nSPS) is 30.5. The molecule has 3 fully saturated rings. The number of carbonyl (C=O) groups is 1. The molecule has 0 saturated heterocycles. The first kappa shape index (κ1) is 20.0. The summed E-state index contributed by atoms with van der Waals surface area (Å²) in [7, 11) is 0. The number of ketones is 1. The van der Waals surface area contributed by atoms with Gasteiger partial charge in [0.2, 0.25) is 0 Å². The summed E-state index contributed by atoms with van der Waals surface area (Å²) in [5, 5.41) is 0. The van der Waals surface area contributed by atoms with Crippen LogP contribution in [0.25, 0.3) is 0 Å². The third kappa shape index (κ3) is 5.15. The Morgan fingerprint density at radius 1 is 0.962 bits per heavy atom. The molecule has 3 saturated carbocycles. The number of hydrogen-bond donors (Lipinski definition) is 0. The quantitative estimate of drug-likeness (QED) is 0.368. The van der Waals surface area contributed by atoms with Crippen LogP contribution in [0.5, 0.6) is 0 Å². The lowest BCUT2D eigenvalue weighted by molar-refractivity contribution is -0.120. The lowest BCUT2D eigenvalue weighted by atomic mass is 9.66. The van der Waals surface area contributed by atoms with Gasteiger partial charge in [0.05, 0.1) is 0 Å². The fraction of sp³-hybridized carbons (Fsp3) is 0.750. The van der Waals surface area contributed by atoms with Crippen LogP contribution >= 0.6 is 12.2 Å². The number of thiocarbonyl (C=S) groups is 1. The van der Waals surface area contributed by atoms with Gasteiger partial charge in [0, 0.05) is 10.8 Å². The van der Waals surface area contributed by atoms with Crippen LogP contribution in [0.1, 0.15) is 90.4 Å². The number of carbonyl (C=O) groups excluding carboxylic acids is 1. The summed E-state index contributed by atoms with van der Waals surface area (Å²) < 4.78 is 0. The van der Waals surface area contributed by atoms with E-state index in [-0.39, 0.29) is 5.92 Å². The first-order valence-electron chi connectivity index (χ1n) is 11.0. The maximum absolute atomic E-state index is 12.8. The number of hydrogen-bond acceptors (Lipinski definition) is 2. The Morgan fingerprint density at radius 2 is 1.62 bits per heavy atom. The predicted molar refractivity (Wildman–Crippen MR) is 114 cm³/mol. The first-order chi connectivity index (χ1) is 12.5. The van der Waals surface area contributed by atoms with Crippen molar-refractivity contribution >= 4 is 22.9 Å². The second-order valence-corrected chi connectivity index (χ2v) is 9.59. The zero-order valence-corrected chi connectivity index (χ0v) is 17.4. The van der Waals surface area contributed by atoms with Crippen molar-refractivity contribution < 1.29 is 4.79 Å². The first-order valence-corrected chi connectivity index (χ1v) is 11.4. The van der Waals surface area contributed by atoms with Gasteiger partial charge in [-0.2, -0.15) is 0 Å². The van der Waals surface area contributed by atoms with Crippen LogP contribution in [0.2, 0.25) is 0 Å². The number of rotatable bonds is 6. The molecule has 3 atom stereocenters. The molecule has 1 nitrogen and oxygen atoms in total.